The van der Waals surface area contributed by atoms with Gasteiger partial charge in [-0.3, -0.25) is 10.1 Å². The van der Waals surface area contributed by atoms with E-state index in [4.69, 9.17) is 4.74 Å². The first-order valence-corrected chi connectivity index (χ1v) is 7.35. The molecule has 0 spiro atoms. The molecule has 0 saturated carbocycles. The minimum Gasteiger partial charge on any atom is -0.494 e. The SMILES string of the molecule is CCCOc1ccc(C(C)NC(C)C(=O)NCC)cc1. The molecule has 4 nitrogen and oxygen atoms in total. The van der Waals surface area contributed by atoms with E-state index in [1.54, 1.807) is 0 Å². The molecule has 1 amide bonds. The van der Waals surface area contributed by atoms with Gasteiger partial charge in [0.15, 0.2) is 0 Å². The molecule has 0 bridgehead atoms. The van der Waals surface area contributed by atoms with Crippen molar-refractivity contribution in [2.75, 3.05) is 13.2 Å². The van der Waals surface area contributed by atoms with Crippen molar-refractivity contribution in [1.82, 2.24) is 10.6 Å². The Bertz CT molecular complexity index is 403. The lowest BCUT2D eigenvalue weighted by molar-refractivity contribution is -0.122. The van der Waals surface area contributed by atoms with Crippen LogP contribution in [0.1, 0.15) is 45.7 Å². The minimum absolute atomic E-state index is 0.0299. The van der Waals surface area contributed by atoms with Crippen LogP contribution < -0.4 is 15.4 Å². The average Bonchev–Trinajstić information content (AvgIpc) is 2.45. The molecule has 0 aliphatic heterocycles. The Hall–Kier alpha value is -1.55. The smallest absolute Gasteiger partial charge is 0.236 e. The minimum atomic E-state index is -0.207. The monoisotopic (exact) mass is 278 g/mol. The second-order valence-corrected chi connectivity index (χ2v) is 4.92. The molecule has 0 aliphatic rings. The summed E-state index contributed by atoms with van der Waals surface area (Å²) in [6, 6.07) is 7.92. The Balaban J connectivity index is 2.54. The second-order valence-electron chi connectivity index (χ2n) is 4.92. The zero-order valence-electron chi connectivity index (χ0n) is 12.9. The molecular weight excluding hydrogens is 252 g/mol. The topological polar surface area (TPSA) is 50.4 Å². The van der Waals surface area contributed by atoms with E-state index in [0.29, 0.717) is 6.54 Å². The van der Waals surface area contributed by atoms with Crippen LogP contribution in [-0.2, 0) is 4.79 Å². The summed E-state index contributed by atoms with van der Waals surface area (Å²) in [7, 11) is 0. The summed E-state index contributed by atoms with van der Waals surface area (Å²) >= 11 is 0. The van der Waals surface area contributed by atoms with Crippen LogP contribution >= 0.6 is 0 Å². The van der Waals surface area contributed by atoms with Crippen molar-refractivity contribution in [3.63, 3.8) is 0 Å². The number of hydrogen-bond acceptors (Lipinski definition) is 3. The van der Waals surface area contributed by atoms with Crippen LogP contribution in [0.15, 0.2) is 24.3 Å². The number of carbonyl (C=O) groups is 1. The highest BCUT2D eigenvalue weighted by molar-refractivity contribution is 5.81. The summed E-state index contributed by atoms with van der Waals surface area (Å²) < 4.78 is 5.56. The molecule has 1 rings (SSSR count). The average molecular weight is 278 g/mol. The molecule has 112 valence electrons. The highest BCUT2D eigenvalue weighted by atomic mass is 16.5. The zero-order chi connectivity index (χ0) is 15.0. The lowest BCUT2D eigenvalue weighted by atomic mass is 10.1. The van der Waals surface area contributed by atoms with Crippen LogP contribution in [0.25, 0.3) is 0 Å². The number of rotatable bonds is 8. The van der Waals surface area contributed by atoms with E-state index < -0.39 is 0 Å². The van der Waals surface area contributed by atoms with Gasteiger partial charge in [0, 0.05) is 12.6 Å². The van der Waals surface area contributed by atoms with Gasteiger partial charge in [-0.2, -0.15) is 0 Å². The molecule has 0 radical (unpaired) electrons. The normalized spacial score (nSPS) is 13.6. The molecule has 1 aromatic carbocycles. The van der Waals surface area contributed by atoms with Gasteiger partial charge >= 0.3 is 0 Å². The lowest BCUT2D eigenvalue weighted by Crippen LogP contribution is -2.42. The van der Waals surface area contributed by atoms with E-state index in [9.17, 15) is 4.79 Å². The van der Waals surface area contributed by atoms with Crippen LogP contribution in [0.2, 0.25) is 0 Å². The third-order valence-electron chi connectivity index (χ3n) is 3.10. The standard InChI is InChI=1S/C16H26N2O2/c1-5-11-20-15-9-7-14(8-10-15)12(3)18-13(4)16(19)17-6-2/h7-10,12-13,18H,5-6,11H2,1-4H3,(H,17,19). The fourth-order valence-electron chi connectivity index (χ4n) is 1.95. The molecule has 0 heterocycles. The molecular formula is C16H26N2O2. The van der Waals surface area contributed by atoms with Gasteiger partial charge < -0.3 is 10.1 Å². The van der Waals surface area contributed by atoms with Crippen LogP contribution in [0.4, 0.5) is 0 Å². The number of likely N-dealkylation sites (N-methyl/N-ethyl adjacent to an activating group) is 1. The number of benzene rings is 1. The number of amides is 1. The quantitative estimate of drug-likeness (QED) is 0.768. The Labute approximate surface area is 121 Å². The van der Waals surface area contributed by atoms with Crippen LogP contribution in [0.5, 0.6) is 5.75 Å². The molecule has 1 aromatic rings. The highest BCUT2D eigenvalue weighted by Crippen LogP contribution is 2.18. The summed E-state index contributed by atoms with van der Waals surface area (Å²) in [6.45, 7) is 9.33. The number of nitrogens with one attached hydrogen (secondary N) is 2. The highest BCUT2D eigenvalue weighted by Gasteiger charge is 2.15. The van der Waals surface area contributed by atoms with Gasteiger partial charge in [0.2, 0.25) is 5.91 Å². The van der Waals surface area contributed by atoms with Crippen molar-refractivity contribution >= 4 is 5.91 Å². The first kappa shape index (κ1) is 16.5. The van der Waals surface area contributed by atoms with Crippen molar-refractivity contribution in [1.29, 1.82) is 0 Å². The molecule has 0 saturated heterocycles. The maximum atomic E-state index is 11.7. The molecule has 0 fully saturated rings. The van der Waals surface area contributed by atoms with Gasteiger partial charge in [-0.25, -0.2) is 0 Å². The van der Waals surface area contributed by atoms with Crippen LogP contribution in [-0.4, -0.2) is 25.1 Å². The van der Waals surface area contributed by atoms with Crippen LogP contribution in [0.3, 0.4) is 0 Å². The molecule has 2 unspecified atom stereocenters. The molecule has 0 aliphatic carbocycles. The van der Waals surface area contributed by atoms with Crippen LogP contribution in [0, 0.1) is 0 Å². The van der Waals surface area contributed by atoms with Crippen molar-refractivity contribution in [2.45, 2.75) is 46.2 Å². The van der Waals surface area contributed by atoms with E-state index >= 15 is 0 Å². The Kier molecular flexibility index (Phi) is 7.09. The summed E-state index contributed by atoms with van der Waals surface area (Å²) in [5, 5.41) is 6.10. The van der Waals surface area contributed by atoms with Crippen molar-refractivity contribution < 1.29 is 9.53 Å². The maximum Gasteiger partial charge on any atom is 0.236 e. The Morgan fingerprint density at radius 2 is 1.85 bits per heavy atom. The summed E-state index contributed by atoms with van der Waals surface area (Å²) in [6.07, 6.45) is 1.00. The number of hydrogen-bond donors (Lipinski definition) is 2. The number of carbonyl (C=O) groups excluding carboxylic acids is 1. The fourth-order valence-corrected chi connectivity index (χ4v) is 1.95. The summed E-state index contributed by atoms with van der Waals surface area (Å²) in [5.74, 6) is 0.918. The van der Waals surface area contributed by atoms with E-state index in [2.05, 4.69) is 24.5 Å². The van der Waals surface area contributed by atoms with Crippen molar-refractivity contribution in [3.05, 3.63) is 29.8 Å². The molecule has 20 heavy (non-hydrogen) atoms. The predicted molar refractivity (Wildman–Crippen MR) is 81.9 cm³/mol. The van der Waals surface area contributed by atoms with E-state index in [-0.39, 0.29) is 18.0 Å². The molecule has 0 aromatic heterocycles. The lowest BCUT2D eigenvalue weighted by Gasteiger charge is -2.20. The van der Waals surface area contributed by atoms with E-state index in [1.807, 2.05) is 38.1 Å². The van der Waals surface area contributed by atoms with Gasteiger partial charge in [0.05, 0.1) is 12.6 Å². The third-order valence-corrected chi connectivity index (χ3v) is 3.10. The number of ether oxygens (including phenoxy) is 1. The van der Waals surface area contributed by atoms with Crippen molar-refractivity contribution in [2.24, 2.45) is 0 Å². The Morgan fingerprint density at radius 1 is 1.20 bits per heavy atom. The first-order chi connectivity index (χ1) is 9.58. The maximum absolute atomic E-state index is 11.7. The van der Waals surface area contributed by atoms with Gasteiger partial charge in [0.1, 0.15) is 5.75 Å². The summed E-state index contributed by atoms with van der Waals surface area (Å²) in [5.41, 5.74) is 1.14. The third kappa shape index (κ3) is 5.21. The van der Waals surface area contributed by atoms with Crippen molar-refractivity contribution in [3.8, 4) is 5.75 Å². The Morgan fingerprint density at radius 3 is 2.40 bits per heavy atom. The molecule has 2 atom stereocenters. The van der Waals surface area contributed by atoms with E-state index in [1.165, 1.54) is 0 Å². The molecule has 2 N–H and O–H groups in total. The van der Waals surface area contributed by atoms with Gasteiger partial charge in [-0.15, -0.1) is 0 Å². The largest absolute Gasteiger partial charge is 0.494 e. The van der Waals surface area contributed by atoms with Gasteiger partial charge in [-0.05, 0) is 44.9 Å². The molecule has 4 heteroatoms. The zero-order valence-corrected chi connectivity index (χ0v) is 12.9. The second kappa shape index (κ2) is 8.59. The summed E-state index contributed by atoms with van der Waals surface area (Å²) in [4.78, 5) is 11.7. The van der Waals surface area contributed by atoms with E-state index in [0.717, 1.165) is 24.3 Å². The van der Waals surface area contributed by atoms with Gasteiger partial charge in [-0.1, -0.05) is 19.1 Å². The predicted octanol–water partition coefficient (Wildman–Crippen LogP) is 2.65. The van der Waals surface area contributed by atoms with Gasteiger partial charge in [0.25, 0.3) is 0 Å². The first-order valence-electron chi connectivity index (χ1n) is 7.35. The fraction of sp³-hybridized carbons (Fsp3) is 0.562.